The zero-order chi connectivity index (χ0) is 15.5. The molecule has 6 heteroatoms. The maximum atomic E-state index is 12.1. The largest absolute Gasteiger partial charge is 0.377 e. The molecular weight excluding hydrogens is 302 g/mol. The molecule has 0 aliphatic carbocycles. The fraction of sp³-hybridized carbons (Fsp3) is 0.500. The number of rotatable bonds is 4. The third-order valence-electron chi connectivity index (χ3n) is 3.90. The first-order valence-corrected chi connectivity index (χ1v) is 7.97. The summed E-state index contributed by atoms with van der Waals surface area (Å²) in [5.74, 6) is 0. The van der Waals surface area contributed by atoms with Crippen molar-refractivity contribution in [1.29, 1.82) is 0 Å². The van der Waals surface area contributed by atoms with Gasteiger partial charge < -0.3 is 4.74 Å². The molecule has 0 bridgehead atoms. The first-order valence-electron chi connectivity index (χ1n) is 7.60. The van der Waals surface area contributed by atoms with E-state index in [2.05, 4.69) is 9.88 Å². The van der Waals surface area contributed by atoms with Crippen molar-refractivity contribution in [3.05, 3.63) is 45.5 Å². The van der Waals surface area contributed by atoms with Crippen LogP contribution in [0.5, 0.6) is 0 Å². The van der Waals surface area contributed by atoms with Gasteiger partial charge in [0.05, 0.1) is 16.8 Å². The first-order chi connectivity index (χ1) is 10.6. The predicted molar refractivity (Wildman–Crippen MR) is 86.4 cm³/mol. The fourth-order valence-corrected chi connectivity index (χ4v) is 3.01. The third-order valence-corrected chi connectivity index (χ3v) is 4.12. The van der Waals surface area contributed by atoms with Gasteiger partial charge >= 0.3 is 0 Å². The Hall–Kier alpha value is -1.43. The number of nitrogens with zero attached hydrogens (tertiary/aromatic N) is 3. The average molecular weight is 322 g/mol. The lowest BCUT2D eigenvalue weighted by Crippen LogP contribution is -2.33. The normalized spacial score (nSPS) is 19.0. The Bertz CT molecular complexity index is 710. The maximum Gasteiger partial charge on any atom is 0.258 e. The molecule has 0 amide bonds. The molecule has 3 heterocycles. The minimum atomic E-state index is -0.107. The second-order valence-corrected chi connectivity index (χ2v) is 6.28. The molecule has 1 aliphatic rings. The molecule has 22 heavy (non-hydrogen) atoms. The van der Waals surface area contributed by atoms with Crippen molar-refractivity contribution in [3.63, 3.8) is 0 Å². The van der Waals surface area contributed by atoms with Gasteiger partial charge in [0.2, 0.25) is 0 Å². The van der Waals surface area contributed by atoms with Crippen molar-refractivity contribution < 1.29 is 4.74 Å². The van der Waals surface area contributed by atoms with Crippen LogP contribution in [0.2, 0.25) is 5.02 Å². The number of halogens is 1. The lowest BCUT2D eigenvalue weighted by Gasteiger charge is -2.27. The standard InChI is InChI=1S/C16H20ClN3O2/c1-19(11-14-4-2-3-7-22-14)10-13-8-16(21)20-9-12(17)5-6-15(20)18-13/h5-6,8-9,14H,2-4,7,10-11H2,1H3. The molecule has 0 N–H and O–H groups in total. The average Bonchev–Trinajstić information content (AvgIpc) is 2.49. The van der Waals surface area contributed by atoms with Gasteiger partial charge in [0.1, 0.15) is 5.65 Å². The van der Waals surface area contributed by atoms with Crippen LogP contribution in [0.15, 0.2) is 29.2 Å². The number of fused-ring (bicyclic) bond motifs is 1. The summed E-state index contributed by atoms with van der Waals surface area (Å²) in [6.45, 7) is 2.35. The van der Waals surface area contributed by atoms with Crippen LogP contribution in [0.1, 0.15) is 25.0 Å². The van der Waals surface area contributed by atoms with E-state index in [9.17, 15) is 4.79 Å². The second-order valence-electron chi connectivity index (χ2n) is 5.85. The zero-order valence-electron chi connectivity index (χ0n) is 12.7. The lowest BCUT2D eigenvalue weighted by atomic mass is 10.1. The fourth-order valence-electron chi connectivity index (χ4n) is 2.85. The molecule has 0 spiro atoms. The first kappa shape index (κ1) is 15.5. The van der Waals surface area contributed by atoms with Gasteiger partial charge in [-0.25, -0.2) is 4.98 Å². The third kappa shape index (κ3) is 3.66. The summed E-state index contributed by atoms with van der Waals surface area (Å²) >= 11 is 5.91. The highest BCUT2D eigenvalue weighted by Crippen LogP contribution is 2.14. The summed E-state index contributed by atoms with van der Waals surface area (Å²) < 4.78 is 7.22. The molecule has 1 saturated heterocycles. The van der Waals surface area contributed by atoms with Crippen LogP contribution in [-0.4, -0.2) is 40.6 Å². The quantitative estimate of drug-likeness (QED) is 0.867. The highest BCUT2D eigenvalue weighted by atomic mass is 35.5. The van der Waals surface area contributed by atoms with Crippen LogP contribution >= 0.6 is 11.6 Å². The lowest BCUT2D eigenvalue weighted by molar-refractivity contribution is -0.00274. The number of ether oxygens (including phenoxy) is 1. The number of hydrogen-bond donors (Lipinski definition) is 0. The Labute approximate surface area is 134 Å². The molecule has 118 valence electrons. The van der Waals surface area contributed by atoms with E-state index in [4.69, 9.17) is 16.3 Å². The smallest absolute Gasteiger partial charge is 0.258 e. The maximum absolute atomic E-state index is 12.1. The minimum absolute atomic E-state index is 0.107. The number of likely N-dealkylation sites (N-methyl/N-ethyl adjacent to an activating group) is 1. The number of pyridine rings is 1. The number of aromatic nitrogens is 2. The van der Waals surface area contributed by atoms with Crippen molar-refractivity contribution in [2.45, 2.75) is 31.9 Å². The Morgan fingerprint density at radius 3 is 3.09 bits per heavy atom. The number of hydrogen-bond acceptors (Lipinski definition) is 4. The van der Waals surface area contributed by atoms with Gasteiger partial charge in [0, 0.05) is 32.0 Å². The SMILES string of the molecule is CN(Cc1cc(=O)n2cc(Cl)ccc2n1)CC1CCCCO1. The minimum Gasteiger partial charge on any atom is -0.377 e. The van der Waals surface area contributed by atoms with Crippen molar-refractivity contribution in [2.75, 3.05) is 20.2 Å². The van der Waals surface area contributed by atoms with E-state index in [1.54, 1.807) is 24.4 Å². The highest BCUT2D eigenvalue weighted by Gasteiger charge is 2.16. The molecule has 0 radical (unpaired) electrons. The summed E-state index contributed by atoms with van der Waals surface area (Å²) in [7, 11) is 2.03. The van der Waals surface area contributed by atoms with Crippen molar-refractivity contribution in [1.82, 2.24) is 14.3 Å². The van der Waals surface area contributed by atoms with E-state index >= 15 is 0 Å². The van der Waals surface area contributed by atoms with Gasteiger partial charge in [-0.2, -0.15) is 0 Å². The molecule has 1 aliphatic heterocycles. The van der Waals surface area contributed by atoms with Crippen molar-refractivity contribution in [3.8, 4) is 0 Å². The van der Waals surface area contributed by atoms with Crippen LogP contribution < -0.4 is 5.56 Å². The predicted octanol–water partition coefficient (Wildman–Crippen LogP) is 2.35. The summed E-state index contributed by atoms with van der Waals surface area (Å²) in [4.78, 5) is 18.8. The zero-order valence-corrected chi connectivity index (χ0v) is 13.4. The Morgan fingerprint density at radius 2 is 2.32 bits per heavy atom. The van der Waals surface area contributed by atoms with E-state index in [1.165, 1.54) is 10.8 Å². The van der Waals surface area contributed by atoms with E-state index in [-0.39, 0.29) is 5.56 Å². The molecular formula is C16H20ClN3O2. The molecule has 1 atom stereocenters. The summed E-state index contributed by atoms with van der Waals surface area (Å²) in [6.07, 6.45) is 5.38. The van der Waals surface area contributed by atoms with Crippen LogP contribution in [-0.2, 0) is 11.3 Å². The van der Waals surface area contributed by atoms with E-state index in [0.29, 0.717) is 23.3 Å². The van der Waals surface area contributed by atoms with Gasteiger partial charge in [0.25, 0.3) is 5.56 Å². The highest BCUT2D eigenvalue weighted by molar-refractivity contribution is 6.30. The molecule has 2 aromatic heterocycles. The van der Waals surface area contributed by atoms with Crippen LogP contribution in [0.3, 0.4) is 0 Å². The van der Waals surface area contributed by atoms with Crippen LogP contribution in [0, 0.1) is 0 Å². The second kappa shape index (κ2) is 6.77. The molecule has 3 rings (SSSR count). The summed E-state index contributed by atoms with van der Waals surface area (Å²) in [5, 5.41) is 0.524. The summed E-state index contributed by atoms with van der Waals surface area (Å²) in [6, 6.07) is 5.08. The molecule has 5 nitrogen and oxygen atoms in total. The monoisotopic (exact) mass is 321 g/mol. The Balaban J connectivity index is 1.73. The van der Waals surface area contributed by atoms with E-state index in [0.717, 1.165) is 31.7 Å². The molecule has 2 aromatic rings. The van der Waals surface area contributed by atoms with E-state index in [1.807, 2.05) is 7.05 Å². The van der Waals surface area contributed by atoms with Crippen molar-refractivity contribution >= 4 is 17.2 Å². The van der Waals surface area contributed by atoms with Crippen molar-refractivity contribution in [2.24, 2.45) is 0 Å². The summed E-state index contributed by atoms with van der Waals surface area (Å²) in [5.41, 5.74) is 1.28. The van der Waals surface area contributed by atoms with Gasteiger partial charge in [-0.05, 0) is 38.4 Å². The van der Waals surface area contributed by atoms with Gasteiger partial charge in [0.15, 0.2) is 0 Å². The van der Waals surface area contributed by atoms with Gasteiger partial charge in [-0.3, -0.25) is 14.1 Å². The Morgan fingerprint density at radius 1 is 1.45 bits per heavy atom. The topological polar surface area (TPSA) is 46.8 Å². The van der Waals surface area contributed by atoms with Gasteiger partial charge in [-0.15, -0.1) is 0 Å². The molecule has 1 unspecified atom stereocenters. The molecule has 0 saturated carbocycles. The van der Waals surface area contributed by atoms with Crippen LogP contribution in [0.25, 0.3) is 5.65 Å². The Kier molecular flexibility index (Phi) is 4.76. The van der Waals surface area contributed by atoms with E-state index < -0.39 is 0 Å². The van der Waals surface area contributed by atoms with Gasteiger partial charge in [-0.1, -0.05) is 11.6 Å². The molecule has 1 fully saturated rings. The van der Waals surface area contributed by atoms with Crippen LogP contribution in [0.4, 0.5) is 0 Å². The molecule has 0 aromatic carbocycles.